The van der Waals surface area contributed by atoms with E-state index >= 15 is 0 Å². The lowest BCUT2D eigenvalue weighted by atomic mass is 10.2. The first-order chi connectivity index (χ1) is 8.32. The molecule has 0 aliphatic rings. The minimum atomic E-state index is 0.121. The zero-order valence-electron chi connectivity index (χ0n) is 12.1. The molecule has 0 spiro atoms. The maximum absolute atomic E-state index is 11.9. The number of hydrogen-bond donors (Lipinski definition) is 1. The summed E-state index contributed by atoms with van der Waals surface area (Å²) in [7, 11) is 1.83. The monoisotopic (exact) mass is 269 g/mol. The number of aromatic nitrogens is 1. The summed E-state index contributed by atoms with van der Waals surface area (Å²) in [6.07, 6.45) is 0. The summed E-state index contributed by atoms with van der Waals surface area (Å²) in [4.78, 5) is 19.2. The first-order valence-electron chi connectivity index (χ1n) is 6.26. The highest BCUT2D eigenvalue weighted by atomic mass is 32.1. The third-order valence-corrected chi connectivity index (χ3v) is 4.32. The van der Waals surface area contributed by atoms with Crippen LogP contribution < -0.4 is 5.32 Å². The molecule has 0 aromatic carbocycles. The second kappa shape index (κ2) is 6.29. The van der Waals surface area contributed by atoms with Crippen LogP contribution in [0.5, 0.6) is 0 Å². The molecule has 0 aliphatic heterocycles. The van der Waals surface area contributed by atoms with Gasteiger partial charge in [0.15, 0.2) is 0 Å². The number of carbonyl (C=O) groups excluding carboxylic acids is 1. The van der Waals surface area contributed by atoms with E-state index in [1.807, 2.05) is 34.7 Å². The molecule has 0 saturated carbocycles. The van der Waals surface area contributed by atoms with Gasteiger partial charge in [-0.25, -0.2) is 4.98 Å². The van der Waals surface area contributed by atoms with Crippen LogP contribution in [0.15, 0.2) is 0 Å². The summed E-state index contributed by atoms with van der Waals surface area (Å²) in [6.45, 7) is 10.5. The van der Waals surface area contributed by atoms with E-state index in [0.29, 0.717) is 6.54 Å². The molecule has 1 amide bonds. The van der Waals surface area contributed by atoms with Gasteiger partial charge in [0.2, 0.25) is 5.91 Å². The van der Waals surface area contributed by atoms with Gasteiger partial charge in [0.1, 0.15) is 0 Å². The molecule has 0 radical (unpaired) electrons. The Kier molecular flexibility index (Phi) is 5.28. The van der Waals surface area contributed by atoms with E-state index in [1.165, 1.54) is 4.88 Å². The van der Waals surface area contributed by atoms with Crippen LogP contribution in [-0.2, 0) is 4.79 Å². The summed E-state index contributed by atoms with van der Waals surface area (Å²) in [5.74, 6) is 0.121. The van der Waals surface area contributed by atoms with E-state index < -0.39 is 0 Å². The van der Waals surface area contributed by atoms with Crippen LogP contribution in [0.3, 0.4) is 0 Å². The maximum atomic E-state index is 11.9. The number of carbonyl (C=O) groups is 1. The predicted molar refractivity (Wildman–Crippen MR) is 75.9 cm³/mol. The summed E-state index contributed by atoms with van der Waals surface area (Å²) >= 11 is 1.69. The molecule has 102 valence electrons. The lowest BCUT2D eigenvalue weighted by molar-refractivity contribution is -0.130. The van der Waals surface area contributed by atoms with Crippen molar-refractivity contribution in [1.29, 1.82) is 0 Å². The highest BCUT2D eigenvalue weighted by Crippen LogP contribution is 2.24. The molecule has 1 aromatic heterocycles. The standard InChI is InChI=1S/C13H23N3OS/c1-8(2)16(6)12(17)7-14-9(3)13-10(4)15-11(5)18-13/h8-9,14H,7H2,1-6H3. The van der Waals surface area contributed by atoms with E-state index in [9.17, 15) is 4.79 Å². The molecule has 4 nitrogen and oxygen atoms in total. The van der Waals surface area contributed by atoms with Crippen molar-refractivity contribution < 1.29 is 4.79 Å². The fourth-order valence-electron chi connectivity index (χ4n) is 1.69. The third kappa shape index (κ3) is 3.78. The van der Waals surface area contributed by atoms with Crippen molar-refractivity contribution in [2.75, 3.05) is 13.6 Å². The van der Waals surface area contributed by atoms with Gasteiger partial charge in [-0.1, -0.05) is 0 Å². The van der Waals surface area contributed by atoms with Crippen LogP contribution in [0.25, 0.3) is 0 Å². The number of aryl methyl sites for hydroxylation is 2. The van der Waals surface area contributed by atoms with E-state index in [2.05, 4.69) is 17.2 Å². The number of rotatable bonds is 5. The Hall–Kier alpha value is -0.940. The van der Waals surface area contributed by atoms with Crippen molar-refractivity contribution in [1.82, 2.24) is 15.2 Å². The molecular formula is C13H23N3OS. The van der Waals surface area contributed by atoms with Gasteiger partial charge >= 0.3 is 0 Å². The second-order valence-corrected chi connectivity index (χ2v) is 6.12. The van der Waals surface area contributed by atoms with E-state index in [0.717, 1.165) is 10.7 Å². The van der Waals surface area contributed by atoms with Gasteiger partial charge in [-0.2, -0.15) is 0 Å². The fourth-order valence-corrected chi connectivity index (χ4v) is 2.65. The molecule has 1 aromatic rings. The Bertz CT molecular complexity index is 414. The lowest BCUT2D eigenvalue weighted by Crippen LogP contribution is -2.40. The fraction of sp³-hybridized carbons (Fsp3) is 0.692. The van der Waals surface area contributed by atoms with Crippen molar-refractivity contribution in [3.05, 3.63) is 15.6 Å². The number of nitrogens with one attached hydrogen (secondary N) is 1. The smallest absolute Gasteiger partial charge is 0.236 e. The number of hydrogen-bond acceptors (Lipinski definition) is 4. The Morgan fingerprint density at radius 2 is 2.00 bits per heavy atom. The first-order valence-corrected chi connectivity index (χ1v) is 7.07. The number of thiazole rings is 1. The summed E-state index contributed by atoms with van der Waals surface area (Å²) in [5, 5.41) is 4.34. The SMILES string of the molecule is Cc1nc(C)c(C(C)NCC(=O)N(C)C(C)C)s1. The van der Waals surface area contributed by atoms with Crippen molar-refractivity contribution in [2.45, 2.75) is 46.7 Å². The number of likely N-dealkylation sites (N-methyl/N-ethyl adjacent to an activating group) is 1. The van der Waals surface area contributed by atoms with Crippen LogP contribution in [0.2, 0.25) is 0 Å². The quantitative estimate of drug-likeness (QED) is 0.892. The van der Waals surface area contributed by atoms with Gasteiger partial charge in [-0.05, 0) is 34.6 Å². The predicted octanol–water partition coefficient (Wildman–Crippen LogP) is 2.28. The van der Waals surface area contributed by atoms with E-state index in [1.54, 1.807) is 16.2 Å². The van der Waals surface area contributed by atoms with Gasteiger partial charge in [0.25, 0.3) is 0 Å². The van der Waals surface area contributed by atoms with Gasteiger partial charge in [0.05, 0.1) is 17.2 Å². The Labute approximate surface area is 113 Å². The molecule has 5 heteroatoms. The molecule has 1 heterocycles. The largest absolute Gasteiger partial charge is 0.342 e. The zero-order valence-corrected chi connectivity index (χ0v) is 12.9. The third-order valence-electron chi connectivity index (χ3n) is 3.06. The minimum Gasteiger partial charge on any atom is -0.342 e. The topological polar surface area (TPSA) is 45.2 Å². The van der Waals surface area contributed by atoms with Gasteiger partial charge in [-0.3, -0.25) is 4.79 Å². The Balaban J connectivity index is 2.54. The second-order valence-electron chi connectivity index (χ2n) is 4.88. The van der Waals surface area contributed by atoms with Crippen LogP contribution in [-0.4, -0.2) is 35.4 Å². The van der Waals surface area contributed by atoms with Crippen LogP contribution in [0, 0.1) is 13.8 Å². The normalized spacial score (nSPS) is 12.8. The molecule has 1 unspecified atom stereocenters. The molecule has 1 N–H and O–H groups in total. The maximum Gasteiger partial charge on any atom is 0.236 e. The average Bonchev–Trinajstić information content (AvgIpc) is 2.63. The number of amides is 1. The molecule has 0 fully saturated rings. The van der Waals surface area contributed by atoms with Crippen molar-refractivity contribution >= 4 is 17.2 Å². The van der Waals surface area contributed by atoms with Crippen molar-refractivity contribution in [3.63, 3.8) is 0 Å². The molecule has 18 heavy (non-hydrogen) atoms. The molecule has 1 atom stereocenters. The van der Waals surface area contributed by atoms with Crippen LogP contribution >= 0.6 is 11.3 Å². The first kappa shape index (κ1) is 15.1. The van der Waals surface area contributed by atoms with Gasteiger partial charge in [-0.15, -0.1) is 11.3 Å². The molecular weight excluding hydrogens is 246 g/mol. The van der Waals surface area contributed by atoms with Crippen molar-refractivity contribution in [3.8, 4) is 0 Å². The van der Waals surface area contributed by atoms with Crippen molar-refractivity contribution in [2.24, 2.45) is 0 Å². The van der Waals surface area contributed by atoms with Gasteiger partial charge < -0.3 is 10.2 Å². The molecule has 1 rings (SSSR count). The zero-order chi connectivity index (χ0) is 13.9. The van der Waals surface area contributed by atoms with E-state index in [-0.39, 0.29) is 18.0 Å². The average molecular weight is 269 g/mol. The van der Waals surface area contributed by atoms with Crippen LogP contribution in [0.4, 0.5) is 0 Å². The highest BCUT2D eigenvalue weighted by molar-refractivity contribution is 7.11. The Morgan fingerprint density at radius 1 is 1.39 bits per heavy atom. The lowest BCUT2D eigenvalue weighted by Gasteiger charge is -2.22. The molecule has 0 bridgehead atoms. The molecule has 0 aliphatic carbocycles. The van der Waals surface area contributed by atoms with Crippen LogP contribution in [0.1, 0.15) is 42.4 Å². The highest BCUT2D eigenvalue weighted by Gasteiger charge is 2.16. The summed E-state index contributed by atoms with van der Waals surface area (Å²) < 4.78 is 0. The van der Waals surface area contributed by atoms with E-state index in [4.69, 9.17) is 0 Å². The molecule has 0 saturated heterocycles. The van der Waals surface area contributed by atoms with Gasteiger partial charge in [0, 0.05) is 24.0 Å². The minimum absolute atomic E-state index is 0.121. The summed E-state index contributed by atoms with van der Waals surface area (Å²) in [5.41, 5.74) is 1.06. The summed E-state index contributed by atoms with van der Waals surface area (Å²) in [6, 6.07) is 0.405. The number of nitrogens with zero attached hydrogens (tertiary/aromatic N) is 2. The Morgan fingerprint density at radius 3 is 2.44 bits per heavy atom.